The first-order valence-corrected chi connectivity index (χ1v) is 14.7. The van der Waals surface area contributed by atoms with Crippen LogP contribution in [0, 0.1) is 12.3 Å². The van der Waals surface area contributed by atoms with E-state index in [1.165, 1.54) is 16.9 Å². The summed E-state index contributed by atoms with van der Waals surface area (Å²) in [5.41, 5.74) is 2.99. The Morgan fingerprint density at radius 3 is 2.31 bits per heavy atom. The highest BCUT2D eigenvalue weighted by atomic mass is 16.6. The molecule has 4 aliphatic rings. The van der Waals surface area contributed by atoms with Crippen LogP contribution in [0.15, 0.2) is 18.2 Å². The lowest BCUT2D eigenvalue weighted by Crippen LogP contribution is -2.48. The van der Waals surface area contributed by atoms with Crippen molar-refractivity contribution < 1.29 is 23.8 Å². The number of hydrogen-bond donors (Lipinski definition) is 0. The summed E-state index contributed by atoms with van der Waals surface area (Å²) >= 11 is 0. The molecule has 0 unspecified atom stereocenters. The molecule has 9 heteroatoms. The molecule has 1 amide bonds. The van der Waals surface area contributed by atoms with Crippen molar-refractivity contribution in [3.05, 3.63) is 23.8 Å². The molecule has 4 fully saturated rings. The van der Waals surface area contributed by atoms with Gasteiger partial charge in [-0.05, 0) is 64.7 Å². The Morgan fingerprint density at radius 2 is 1.64 bits per heavy atom. The Hall–Kier alpha value is -2.52. The molecule has 39 heavy (non-hydrogen) atoms. The minimum Gasteiger partial charge on any atom is -0.462 e. The molecule has 4 heterocycles. The summed E-state index contributed by atoms with van der Waals surface area (Å²) in [6.45, 7) is 17.3. The number of benzene rings is 1. The molecule has 0 aliphatic carbocycles. The van der Waals surface area contributed by atoms with Crippen molar-refractivity contribution in [3.63, 3.8) is 0 Å². The number of ether oxygens (including phenoxy) is 3. The maximum atomic E-state index is 12.9. The maximum absolute atomic E-state index is 12.9. The number of rotatable bonds is 5. The SMILES string of the molecule is Cc1ccc(N2CCN(CC[C@@H]3CC4(CCN(C(=O)OC(C)(C)C)CC4)C(=O)O3)CC2)c(N2CCOCC2)c1. The molecule has 0 bridgehead atoms. The molecule has 4 aliphatic heterocycles. The minimum atomic E-state index is -0.514. The van der Waals surface area contributed by atoms with Crippen LogP contribution in [0.25, 0.3) is 0 Å². The van der Waals surface area contributed by atoms with Gasteiger partial charge in [0, 0.05) is 65.3 Å². The second-order valence-electron chi connectivity index (χ2n) is 12.7. The molecule has 0 saturated carbocycles. The molecule has 216 valence electrons. The van der Waals surface area contributed by atoms with E-state index in [1.54, 1.807) is 4.90 Å². The van der Waals surface area contributed by atoms with Crippen LogP contribution < -0.4 is 9.80 Å². The minimum absolute atomic E-state index is 0.0337. The van der Waals surface area contributed by atoms with Crippen molar-refractivity contribution in [1.82, 2.24) is 9.80 Å². The first-order chi connectivity index (χ1) is 18.6. The van der Waals surface area contributed by atoms with Crippen LogP contribution in [0.5, 0.6) is 0 Å². The van der Waals surface area contributed by atoms with Crippen molar-refractivity contribution in [2.45, 2.75) is 65.1 Å². The summed E-state index contributed by atoms with van der Waals surface area (Å²) in [7, 11) is 0. The van der Waals surface area contributed by atoms with Crippen molar-refractivity contribution in [2.24, 2.45) is 5.41 Å². The van der Waals surface area contributed by atoms with E-state index in [0.29, 0.717) is 25.9 Å². The average Bonchev–Trinajstić information content (AvgIpc) is 3.22. The molecule has 1 aromatic carbocycles. The lowest BCUT2D eigenvalue weighted by atomic mass is 9.76. The number of nitrogens with zero attached hydrogens (tertiary/aromatic N) is 4. The van der Waals surface area contributed by atoms with Crippen molar-refractivity contribution >= 4 is 23.4 Å². The van der Waals surface area contributed by atoms with Crippen molar-refractivity contribution in [2.75, 3.05) is 81.9 Å². The molecule has 1 aromatic rings. The van der Waals surface area contributed by atoms with Crippen LogP contribution >= 0.6 is 0 Å². The van der Waals surface area contributed by atoms with Gasteiger partial charge in [0.2, 0.25) is 0 Å². The molecule has 5 rings (SSSR count). The predicted molar refractivity (Wildman–Crippen MR) is 151 cm³/mol. The number of anilines is 2. The van der Waals surface area contributed by atoms with E-state index < -0.39 is 11.0 Å². The van der Waals surface area contributed by atoms with Gasteiger partial charge in [0.25, 0.3) is 0 Å². The zero-order valence-corrected chi connectivity index (χ0v) is 24.2. The van der Waals surface area contributed by atoms with Crippen molar-refractivity contribution in [1.29, 1.82) is 0 Å². The summed E-state index contributed by atoms with van der Waals surface area (Å²) in [5.74, 6) is -0.0730. The number of amides is 1. The molecular weight excluding hydrogens is 496 g/mol. The summed E-state index contributed by atoms with van der Waals surface area (Å²) in [4.78, 5) is 34.6. The normalized spacial score (nSPS) is 24.3. The van der Waals surface area contributed by atoms with Crippen LogP contribution in [0.2, 0.25) is 0 Å². The zero-order valence-electron chi connectivity index (χ0n) is 24.2. The second-order valence-corrected chi connectivity index (χ2v) is 12.7. The van der Waals surface area contributed by atoms with Crippen molar-refractivity contribution in [3.8, 4) is 0 Å². The number of esters is 1. The lowest BCUT2D eigenvalue weighted by Gasteiger charge is -2.39. The van der Waals surface area contributed by atoms with Gasteiger partial charge in [0.05, 0.1) is 30.0 Å². The summed E-state index contributed by atoms with van der Waals surface area (Å²) in [6, 6.07) is 6.81. The third kappa shape index (κ3) is 6.62. The average molecular weight is 543 g/mol. The van der Waals surface area contributed by atoms with E-state index in [1.807, 2.05) is 20.8 Å². The van der Waals surface area contributed by atoms with Gasteiger partial charge in [-0.2, -0.15) is 0 Å². The van der Waals surface area contributed by atoms with Crippen LogP contribution in [-0.4, -0.2) is 106 Å². The molecule has 0 aromatic heterocycles. The number of morpholine rings is 1. The molecule has 9 nitrogen and oxygen atoms in total. The number of piperidine rings is 1. The van der Waals surface area contributed by atoms with Gasteiger partial charge < -0.3 is 28.9 Å². The Bertz CT molecular complexity index is 1020. The van der Waals surface area contributed by atoms with Gasteiger partial charge in [0.15, 0.2) is 0 Å². The Kier molecular flexibility index (Phi) is 8.29. The number of aryl methyl sites for hydroxylation is 1. The van der Waals surface area contributed by atoms with Gasteiger partial charge in [-0.3, -0.25) is 9.69 Å². The van der Waals surface area contributed by atoms with E-state index in [-0.39, 0.29) is 18.2 Å². The summed E-state index contributed by atoms with van der Waals surface area (Å²) in [5, 5.41) is 0. The number of hydrogen-bond acceptors (Lipinski definition) is 8. The molecule has 0 N–H and O–H groups in total. The molecule has 1 atom stereocenters. The number of carbonyl (C=O) groups excluding carboxylic acids is 2. The Morgan fingerprint density at radius 1 is 0.974 bits per heavy atom. The highest BCUT2D eigenvalue weighted by Gasteiger charge is 2.51. The largest absolute Gasteiger partial charge is 0.462 e. The molecule has 1 spiro atoms. The predicted octanol–water partition coefficient (Wildman–Crippen LogP) is 3.68. The fourth-order valence-electron chi connectivity index (χ4n) is 6.35. The third-order valence-electron chi connectivity index (χ3n) is 8.66. The van der Waals surface area contributed by atoms with Gasteiger partial charge in [-0.1, -0.05) is 6.07 Å². The Balaban J connectivity index is 1.09. The monoisotopic (exact) mass is 542 g/mol. The van der Waals surface area contributed by atoms with Crippen LogP contribution in [-0.2, 0) is 19.0 Å². The summed E-state index contributed by atoms with van der Waals surface area (Å²) < 4.78 is 17.0. The third-order valence-corrected chi connectivity index (χ3v) is 8.66. The quantitative estimate of drug-likeness (QED) is 0.522. The smallest absolute Gasteiger partial charge is 0.410 e. The zero-order chi connectivity index (χ0) is 27.6. The standard InChI is InChI=1S/C30H46N4O5/c1-23-5-6-25(26(21-23)33-17-19-37-20-18-33)32-15-13-31(14-16-32)10-7-24-22-30(27(35)38-24)8-11-34(12-9-30)28(36)39-29(2,3)4/h5-6,21,24H,7-20,22H2,1-4H3/t24-/m1/s1. The number of likely N-dealkylation sites (tertiary alicyclic amines) is 1. The topological polar surface area (TPSA) is 74.8 Å². The van der Waals surface area contributed by atoms with Gasteiger partial charge in [-0.25, -0.2) is 4.79 Å². The number of carbonyl (C=O) groups is 2. The van der Waals surface area contributed by atoms with E-state index in [9.17, 15) is 9.59 Å². The van der Waals surface area contributed by atoms with Gasteiger partial charge in [0.1, 0.15) is 11.7 Å². The fraction of sp³-hybridized carbons (Fsp3) is 0.733. The maximum Gasteiger partial charge on any atom is 0.410 e. The number of cyclic esters (lactones) is 1. The highest BCUT2D eigenvalue weighted by molar-refractivity contribution is 5.80. The first kappa shape index (κ1) is 28.0. The lowest BCUT2D eigenvalue weighted by molar-refractivity contribution is -0.151. The second kappa shape index (κ2) is 11.5. The fourth-order valence-corrected chi connectivity index (χ4v) is 6.35. The van der Waals surface area contributed by atoms with E-state index >= 15 is 0 Å². The van der Waals surface area contributed by atoms with Crippen LogP contribution in [0.1, 0.15) is 52.0 Å². The van der Waals surface area contributed by atoms with Crippen LogP contribution in [0.4, 0.5) is 16.2 Å². The highest BCUT2D eigenvalue weighted by Crippen LogP contribution is 2.44. The van der Waals surface area contributed by atoms with E-state index in [0.717, 1.165) is 71.9 Å². The van der Waals surface area contributed by atoms with Crippen LogP contribution in [0.3, 0.4) is 0 Å². The first-order valence-electron chi connectivity index (χ1n) is 14.7. The van der Waals surface area contributed by atoms with E-state index in [4.69, 9.17) is 14.2 Å². The van der Waals surface area contributed by atoms with Gasteiger partial charge >= 0.3 is 12.1 Å². The molecule has 0 radical (unpaired) electrons. The van der Waals surface area contributed by atoms with E-state index in [2.05, 4.69) is 39.8 Å². The molecular formula is C30H46N4O5. The summed E-state index contributed by atoms with van der Waals surface area (Å²) in [6.07, 6.45) is 2.62. The molecule has 4 saturated heterocycles. The van der Waals surface area contributed by atoms with Gasteiger partial charge in [-0.15, -0.1) is 0 Å². The Labute approximate surface area is 233 Å². The number of piperazine rings is 1.